The van der Waals surface area contributed by atoms with Crippen LogP contribution in [0.4, 0.5) is 11.4 Å². The van der Waals surface area contributed by atoms with Crippen molar-refractivity contribution < 1.29 is 9.53 Å². The highest BCUT2D eigenvalue weighted by Gasteiger charge is 2.27. The van der Waals surface area contributed by atoms with Crippen LogP contribution in [0.2, 0.25) is 5.02 Å². The van der Waals surface area contributed by atoms with E-state index in [1.807, 2.05) is 37.3 Å². The van der Waals surface area contributed by atoms with Gasteiger partial charge in [0.25, 0.3) is 0 Å². The quantitative estimate of drug-likeness (QED) is 0.610. The Labute approximate surface area is 186 Å². The van der Waals surface area contributed by atoms with Crippen LogP contribution in [0.3, 0.4) is 0 Å². The molecule has 0 saturated carbocycles. The summed E-state index contributed by atoms with van der Waals surface area (Å²) in [5.41, 5.74) is 2.92. The number of carbonyl (C=O) groups excluding carboxylic acids is 1. The third kappa shape index (κ3) is 4.57. The van der Waals surface area contributed by atoms with E-state index in [1.54, 1.807) is 18.3 Å². The Hall–Kier alpha value is -3.30. The third-order valence-corrected chi connectivity index (χ3v) is 5.75. The van der Waals surface area contributed by atoms with Gasteiger partial charge in [0.1, 0.15) is 11.8 Å². The van der Waals surface area contributed by atoms with E-state index in [1.165, 1.54) is 0 Å². The van der Waals surface area contributed by atoms with E-state index in [9.17, 15) is 10.1 Å². The summed E-state index contributed by atoms with van der Waals surface area (Å²) in [6, 6.07) is 15.2. The Kier molecular flexibility index (Phi) is 6.24. The summed E-state index contributed by atoms with van der Waals surface area (Å²) in [6.07, 6.45) is 3.02. The smallest absolute Gasteiger partial charge is 0.227 e. The van der Waals surface area contributed by atoms with Crippen molar-refractivity contribution in [2.24, 2.45) is 5.92 Å². The van der Waals surface area contributed by atoms with Gasteiger partial charge in [0.2, 0.25) is 5.91 Å². The zero-order valence-corrected chi connectivity index (χ0v) is 18.0. The molecule has 1 aromatic heterocycles. The van der Waals surface area contributed by atoms with Crippen molar-refractivity contribution in [1.29, 1.82) is 5.26 Å². The second kappa shape index (κ2) is 9.23. The van der Waals surface area contributed by atoms with Gasteiger partial charge in [-0.2, -0.15) is 5.26 Å². The maximum absolute atomic E-state index is 12.7. The Morgan fingerprint density at radius 1 is 1.29 bits per heavy atom. The number of aromatic nitrogens is 1. The molecule has 1 aliphatic rings. The van der Waals surface area contributed by atoms with E-state index in [2.05, 4.69) is 21.3 Å². The molecule has 1 aliphatic heterocycles. The largest absolute Gasteiger partial charge is 0.494 e. The van der Waals surface area contributed by atoms with Crippen LogP contribution >= 0.6 is 11.6 Å². The zero-order chi connectivity index (χ0) is 21.8. The lowest BCUT2D eigenvalue weighted by Crippen LogP contribution is -2.38. The summed E-state index contributed by atoms with van der Waals surface area (Å²) >= 11 is 6.01. The van der Waals surface area contributed by atoms with Gasteiger partial charge >= 0.3 is 0 Å². The Bertz CT molecular complexity index is 1150. The predicted molar refractivity (Wildman–Crippen MR) is 123 cm³/mol. The fraction of sp³-hybridized carbons (Fsp3) is 0.292. The van der Waals surface area contributed by atoms with Crippen molar-refractivity contribution in [2.45, 2.75) is 19.8 Å². The number of halogens is 1. The summed E-state index contributed by atoms with van der Waals surface area (Å²) in [7, 11) is 0. The molecule has 3 aromatic rings. The zero-order valence-electron chi connectivity index (χ0n) is 17.3. The highest BCUT2D eigenvalue weighted by atomic mass is 35.5. The number of piperidine rings is 1. The first-order chi connectivity index (χ1) is 15.1. The molecule has 7 heteroatoms. The van der Waals surface area contributed by atoms with Gasteiger partial charge in [-0.25, -0.2) is 0 Å². The van der Waals surface area contributed by atoms with Gasteiger partial charge in [0.05, 0.1) is 23.4 Å². The van der Waals surface area contributed by atoms with Gasteiger partial charge in [-0.15, -0.1) is 0 Å². The molecule has 31 heavy (non-hydrogen) atoms. The maximum Gasteiger partial charge on any atom is 0.227 e. The highest BCUT2D eigenvalue weighted by Crippen LogP contribution is 2.34. The van der Waals surface area contributed by atoms with E-state index >= 15 is 0 Å². The summed E-state index contributed by atoms with van der Waals surface area (Å²) in [5, 5.41) is 14.1. The van der Waals surface area contributed by atoms with Crippen molar-refractivity contribution in [2.75, 3.05) is 29.9 Å². The second-order valence-electron chi connectivity index (χ2n) is 7.51. The topological polar surface area (TPSA) is 78.2 Å². The second-order valence-corrected chi connectivity index (χ2v) is 7.94. The number of hydrogen-bond acceptors (Lipinski definition) is 5. The molecular weight excluding hydrogens is 412 g/mol. The van der Waals surface area contributed by atoms with Crippen molar-refractivity contribution >= 4 is 39.8 Å². The van der Waals surface area contributed by atoms with E-state index in [0.29, 0.717) is 48.8 Å². The average Bonchev–Trinajstić information content (AvgIpc) is 2.78. The summed E-state index contributed by atoms with van der Waals surface area (Å²) in [6.45, 7) is 3.87. The lowest BCUT2D eigenvalue weighted by atomic mass is 9.94. The van der Waals surface area contributed by atoms with Gasteiger partial charge in [-0.1, -0.05) is 17.7 Å². The minimum absolute atomic E-state index is 0.000594. The predicted octanol–water partition coefficient (Wildman–Crippen LogP) is 5.01. The highest BCUT2D eigenvalue weighted by molar-refractivity contribution is 6.30. The number of nitriles is 1. The molecular formula is C24H23ClN4O2. The number of hydrogen-bond donors (Lipinski definition) is 1. The van der Waals surface area contributed by atoms with Crippen molar-refractivity contribution in [1.82, 2.24) is 4.98 Å². The monoisotopic (exact) mass is 434 g/mol. The van der Waals surface area contributed by atoms with Crippen LogP contribution in [-0.4, -0.2) is 30.6 Å². The molecule has 0 unspecified atom stereocenters. The molecule has 6 nitrogen and oxygen atoms in total. The van der Waals surface area contributed by atoms with Crippen molar-refractivity contribution in [3.8, 4) is 11.8 Å². The fourth-order valence-electron chi connectivity index (χ4n) is 4.01. The first-order valence-corrected chi connectivity index (χ1v) is 10.7. The standard InChI is InChI=1S/C24H23ClN4O2/c1-2-31-20-6-7-22-21(13-20)23(17(14-26)15-27-22)29-10-8-16(9-11-29)24(30)28-19-5-3-4-18(25)12-19/h3-7,12-13,15-16H,2,8-11H2,1H3,(H,28,30). The molecule has 0 aliphatic carbocycles. The average molecular weight is 435 g/mol. The molecule has 1 fully saturated rings. The summed E-state index contributed by atoms with van der Waals surface area (Å²) in [4.78, 5) is 19.3. The normalized spacial score (nSPS) is 14.3. The molecule has 1 saturated heterocycles. The molecule has 1 N–H and O–H groups in total. The number of fused-ring (bicyclic) bond motifs is 1. The van der Waals surface area contributed by atoms with Crippen LogP contribution in [-0.2, 0) is 4.79 Å². The van der Waals surface area contributed by atoms with Crippen LogP contribution in [0.1, 0.15) is 25.3 Å². The summed E-state index contributed by atoms with van der Waals surface area (Å²) in [5.74, 6) is 0.664. The number of nitrogens with zero attached hydrogens (tertiary/aromatic N) is 3. The van der Waals surface area contributed by atoms with Crippen molar-refractivity contribution in [3.05, 3.63) is 59.2 Å². The molecule has 0 spiro atoms. The third-order valence-electron chi connectivity index (χ3n) is 5.52. The number of anilines is 2. The number of rotatable bonds is 5. The molecule has 0 atom stereocenters. The number of carbonyl (C=O) groups is 1. The lowest BCUT2D eigenvalue weighted by molar-refractivity contribution is -0.120. The van der Waals surface area contributed by atoms with Gasteiger partial charge in [-0.3, -0.25) is 9.78 Å². The first-order valence-electron chi connectivity index (χ1n) is 10.4. The minimum atomic E-state index is -0.0899. The fourth-order valence-corrected chi connectivity index (χ4v) is 4.20. The van der Waals surface area contributed by atoms with Gasteiger partial charge in [0, 0.05) is 41.3 Å². The Morgan fingerprint density at radius 2 is 2.10 bits per heavy atom. The van der Waals surface area contributed by atoms with Gasteiger partial charge in [-0.05, 0) is 56.2 Å². The van der Waals surface area contributed by atoms with Crippen molar-refractivity contribution in [3.63, 3.8) is 0 Å². The molecule has 1 amide bonds. The SMILES string of the molecule is CCOc1ccc2ncc(C#N)c(N3CCC(C(=O)Nc4cccc(Cl)c4)CC3)c2c1. The Balaban J connectivity index is 1.53. The lowest BCUT2D eigenvalue weighted by Gasteiger charge is -2.34. The van der Waals surface area contributed by atoms with Crippen LogP contribution in [0.5, 0.6) is 5.75 Å². The van der Waals surface area contributed by atoms with Crippen LogP contribution in [0, 0.1) is 17.2 Å². The van der Waals surface area contributed by atoms with E-state index in [4.69, 9.17) is 16.3 Å². The maximum atomic E-state index is 12.7. The summed E-state index contributed by atoms with van der Waals surface area (Å²) < 4.78 is 5.65. The number of ether oxygens (including phenoxy) is 1. The molecule has 158 valence electrons. The molecule has 0 radical (unpaired) electrons. The number of nitrogens with one attached hydrogen (secondary N) is 1. The van der Waals surface area contributed by atoms with E-state index in [0.717, 1.165) is 22.3 Å². The van der Waals surface area contributed by atoms with Crippen LogP contribution in [0.15, 0.2) is 48.7 Å². The van der Waals surface area contributed by atoms with Crippen LogP contribution in [0.25, 0.3) is 10.9 Å². The Morgan fingerprint density at radius 3 is 2.81 bits per heavy atom. The number of benzene rings is 2. The number of pyridine rings is 1. The molecule has 2 heterocycles. The van der Waals surface area contributed by atoms with Gasteiger partial charge in [0.15, 0.2) is 0 Å². The van der Waals surface area contributed by atoms with E-state index in [-0.39, 0.29) is 11.8 Å². The number of amides is 1. The molecule has 4 rings (SSSR count). The molecule has 2 aromatic carbocycles. The van der Waals surface area contributed by atoms with Crippen LogP contribution < -0.4 is 15.0 Å². The molecule has 0 bridgehead atoms. The first kappa shape index (κ1) is 21.0. The van der Waals surface area contributed by atoms with Gasteiger partial charge < -0.3 is 15.0 Å². The van der Waals surface area contributed by atoms with E-state index < -0.39 is 0 Å². The minimum Gasteiger partial charge on any atom is -0.494 e.